The van der Waals surface area contributed by atoms with Crippen LogP contribution in [-0.4, -0.2) is 48.9 Å². The summed E-state index contributed by atoms with van der Waals surface area (Å²) in [6, 6.07) is 8.64. The third kappa shape index (κ3) is 3.93. The van der Waals surface area contributed by atoms with Crippen molar-refractivity contribution in [3.63, 3.8) is 0 Å². The fraction of sp³-hybridized carbons (Fsp3) is 0.600. The Labute approximate surface area is 115 Å². The standard InChI is InChI=1S/C15H24N2O2/c1-2-19-15-6-4-3-5-13(15)12-17-9-8-16-11-14(17)7-10-18/h3-6,14,16,18H,2,7-12H2,1H3. The van der Waals surface area contributed by atoms with Gasteiger partial charge in [-0.1, -0.05) is 18.2 Å². The van der Waals surface area contributed by atoms with Gasteiger partial charge in [0.2, 0.25) is 0 Å². The lowest BCUT2D eigenvalue weighted by molar-refractivity contribution is 0.122. The first-order valence-corrected chi connectivity index (χ1v) is 7.11. The second-order valence-electron chi connectivity index (χ2n) is 4.88. The Hall–Kier alpha value is -1.10. The van der Waals surface area contributed by atoms with Gasteiger partial charge in [0.25, 0.3) is 0 Å². The first-order chi connectivity index (χ1) is 9.35. The largest absolute Gasteiger partial charge is 0.494 e. The number of ether oxygens (including phenoxy) is 1. The zero-order chi connectivity index (χ0) is 13.5. The van der Waals surface area contributed by atoms with E-state index in [1.54, 1.807) is 0 Å². The molecule has 2 N–H and O–H groups in total. The van der Waals surface area contributed by atoms with Gasteiger partial charge in [-0.25, -0.2) is 0 Å². The third-order valence-electron chi connectivity index (χ3n) is 3.58. The predicted molar refractivity (Wildman–Crippen MR) is 76.4 cm³/mol. The lowest BCUT2D eigenvalue weighted by Gasteiger charge is -2.36. The molecule has 19 heavy (non-hydrogen) atoms. The van der Waals surface area contributed by atoms with Gasteiger partial charge in [0.15, 0.2) is 0 Å². The number of para-hydroxylation sites is 1. The molecule has 1 fully saturated rings. The summed E-state index contributed by atoms with van der Waals surface area (Å²) in [5, 5.41) is 12.6. The minimum atomic E-state index is 0.246. The highest BCUT2D eigenvalue weighted by atomic mass is 16.5. The minimum absolute atomic E-state index is 0.246. The zero-order valence-corrected chi connectivity index (χ0v) is 11.6. The van der Waals surface area contributed by atoms with Crippen molar-refractivity contribution in [1.29, 1.82) is 0 Å². The minimum Gasteiger partial charge on any atom is -0.494 e. The van der Waals surface area contributed by atoms with Crippen LogP contribution in [0.5, 0.6) is 5.75 Å². The number of nitrogens with zero attached hydrogens (tertiary/aromatic N) is 1. The van der Waals surface area contributed by atoms with Gasteiger partial charge in [-0.05, 0) is 19.4 Å². The molecule has 1 unspecified atom stereocenters. The first kappa shape index (κ1) is 14.3. The van der Waals surface area contributed by atoms with Gasteiger partial charge in [0.05, 0.1) is 6.61 Å². The van der Waals surface area contributed by atoms with Gasteiger partial charge in [0, 0.05) is 44.4 Å². The van der Waals surface area contributed by atoms with E-state index < -0.39 is 0 Å². The van der Waals surface area contributed by atoms with Crippen molar-refractivity contribution >= 4 is 0 Å². The molecule has 1 heterocycles. The number of hydrogen-bond acceptors (Lipinski definition) is 4. The van der Waals surface area contributed by atoms with E-state index in [4.69, 9.17) is 9.84 Å². The lowest BCUT2D eigenvalue weighted by atomic mass is 10.1. The topological polar surface area (TPSA) is 44.7 Å². The van der Waals surface area contributed by atoms with Crippen LogP contribution >= 0.6 is 0 Å². The van der Waals surface area contributed by atoms with Crippen molar-refractivity contribution in [3.8, 4) is 5.75 Å². The normalized spacial score (nSPS) is 20.4. The summed E-state index contributed by atoms with van der Waals surface area (Å²) < 4.78 is 5.68. The van der Waals surface area contributed by atoms with E-state index in [0.29, 0.717) is 12.6 Å². The molecule has 0 aromatic heterocycles. The van der Waals surface area contributed by atoms with Crippen molar-refractivity contribution in [1.82, 2.24) is 10.2 Å². The molecule has 0 bridgehead atoms. The van der Waals surface area contributed by atoms with E-state index in [2.05, 4.69) is 22.3 Å². The van der Waals surface area contributed by atoms with Crippen LogP contribution in [-0.2, 0) is 6.54 Å². The van der Waals surface area contributed by atoms with Crippen LogP contribution < -0.4 is 10.1 Å². The number of benzene rings is 1. The number of nitrogens with one attached hydrogen (secondary N) is 1. The number of piperazine rings is 1. The SMILES string of the molecule is CCOc1ccccc1CN1CCNCC1CCO. The van der Waals surface area contributed by atoms with E-state index in [1.807, 2.05) is 19.1 Å². The Balaban J connectivity index is 2.05. The van der Waals surface area contributed by atoms with E-state index >= 15 is 0 Å². The average Bonchev–Trinajstić information content (AvgIpc) is 2.44. The quantitative estimate of drug-likeness (QED) is 0.811. The molecule has 1 atom stereocenters. The second-order valence-corrected chi connectivity index (χ2v) is 4.88. The molecule has 2 rings (SSSR count). The average molecular weight is 264 g/mol. The summed E-state index contributed by atoms with van der Waals surface area (Å²) in [6.45, 7) is 6.83. The molecule has 1 aromatic carbocycles. The molecule has 106 valence electrons. The number of aliphatic hydroxyl groups excluding tert-OH is 1. The number of aliphatic hydroxyl groups is 1. The summed E-state index contributed by atoms with van der Waals surface area (Å²) in [7, 11) is 0. The van der Waals surface area contributed by atoms with E-state index in [-0.39, 0.29) is 6.61 Å². The molecule has 1 saturated heterocycles. The molecule has 1 aromatic rings. The Morgan fingerprint density at radius 1 is 1.42 bits per heavy atom. The van der Waals surface area contributed by atoms with Crippen molar-refractivity contribution < 1.29 is 9.84 Å². The molecule has 0 aliphatic carbocycles. The Morgan fingerprint density at radius 3 is 3.05 bits per heavy atom. The second kappa shape index (κ2) is 7.48. The van der Waals surface area contributed by atoms with Crippen LogP contribution in [0.4, 0.5) is 0 Å². The van der Waals surface area contributed by atoms with Crippen LogP contribution in [0, 0.1) is 0 Å². The van der Waals surface area contributed by atoms with Gasteiger partial charge in [-0.3, -0.25) is 4.90 Å². The number of rotatable bonds is 6. The van der Waals surface area contributed by atoms with E-state index in [1.165, 1.54) is 5.56 Å². The van der Waals surface area contributed by atoms with Crippen LogP contribution in [0.2, 0.25) is 0 Å². The van der Waals surface area contributed by atoms with Gasteiger partial charge in [-0.15, -0.1) is 0 Å². The van der Waals surface area contributed by atoms with Crippen molar-refractivity contribution in [2.24, 2.45) is 0 Å². The maximum absolute atomic E-state index is 9.16. The monoisotopic (exact) mass is 264 g/mol. The number of hydrogen-bond donors (Lipinski definition) is 2. The Kier molecular flexibility index (Phi) is 5.63. The van der Waals surface area contributed by atoms with Crippen molar-refractivity contribution in [2.75, 3.05) is 32.8 Å². The van der Waals surface area contributed by atoms with Crippen molar-refractivity contribution in [3.05, 3.63) is 29.8 Å². The summed E-state index contributed by atoms with van der Waals surface area (Å²) in [5.74, 6) is 0.978. The molecule has 1 aliphatic heterocycles. The highest BCUT2D eigenvalue weighted by molar-refractivity contribution is 5.33. The van der Waals surface area contributed by atoms with Crippen LogP contribution in [0.1, 0.15) is 18.9 Å². The maximum Gasteiger partial charge on any atom is 0.123 e. The highest BCUT2D eigenvalue weighted by Crippen LogP contribution is 2.21. The summed E-state index contributed by atoms with van der Waals surface area (Å²) >= 11 is 0. The molecular formula is C15H24N2O2. The smallest absolute Gasteiger partial charge is 0.123 e. The first-order valence-electron chi connectivity index (χ1n) is 7.11. The highest BCUT2D eigenvalue weighted by Gasteiger charge is 2.22. The van der Waals surface area contributed by atoms with Crippen LogP contribution in [0.25, 0.3) is 0 Å². The molecule has 0 saturated carbocycles. The van der Waals surface area contributed by atoms with Crippen molar-refractivity contribution in [2.45, 2.75) is 25.9 Å². The predicted octanol–water partition coefficient (Wildman–Crippen LogP) is 1.24. The molecule has 0 amide bonds. The molecule has 1 aliphatic rings. The molecular weight excluding hydrogens is 240 g/mol. The third-order valence-corrected chi connectivity index (χ3v) is 3.58. The zero-order valence-electron chi connectivity index (χ0n) is 11.6. The van der Waals surface area contributed by atoms with Gasteiger partial charge >= 0.3 is 0 Å². The van der Waals surface area contributed by atoms with Gasteiger partial charge in [-0.2, -0.15) is 0 Å². The maximum atomic E-state index is 9.16. The lowest BCUT2D eigenvalue weighted by Crippen LogP contribution is -2.51. The van der Waals surface area contributed by atoms with Crippen LogP contribution in [0.3, 0.4) is 0 Å². The van der Waals surface area contributed by atoms with E-state index in [9.17, 15) is 0 Å². The molecule has 4 heteroatoms. The van der Waals surface area contributed by atoms with Gasteiger partial charge < -0.3 is 15.2 Å². The summed E-state index contributed by atoms with van der Waals surface area (Å²) in [6.07, 6.45) is 0.823. The summed E-state index contributed by atoms with van der Waals surface area (Å²) in [4.78, 5) is 2.44. The Morgan fingerprint density at radius 2 is 2.26 bits per heavy atom. The van der Waals surface area contributed by atoms with Crippen LogP contribution in [0.15, 0.2) is 24.3 Å². The molecule has 0 radical (unpaired) electrons. The molecule has 4 nitrogen and oxygen atoms in total. The Bertz CT molecular complexity index is 382. The molecule has 0 spiro atoms. The summed E-state index contributed by atoms with van der Waals surface area (Å²) in [5.41, 5.74) is 1.23. The van der Waals surface area contributed by atoms with E-state index in [0.717, 1.165) is 38.3 Å². The fourth-order valence-electron chi connectivity index (χ4n) is 2.59. The van der Waals surface area contributed by atoms with Gasteiger partial charge in [0.1, 0.15) is 5.75 Å². The fourth-order valence-corrected chi connectivity index (χ4v) is 2.59.